The highest BCUT2D eigenvalue weighted by Crippen LogP contribution is 2.39. The molecule has 0 atom stereocenters. The molecule has 0 spiro atoms. The van der Waals surface area contributed by atoms with Gasteiger partial charge in [-0.3, -0.25) is 0 Å². The van der Waals surface area contributed by atoms with Crippen molar-refractivity contribution >= 4 is 11.3 Å². The van der Waals surface area contributed by atoms with Crippen molar-refractivity contribution in [2.45, 2.75) is 45.4 Å². The Kier molecular flexibility index (Phi) is 4.04. The Bertz CT molecular complexity index is 645. The summed E-state index contributed by atoms with van der Waals surface area (Å²) in [7, 11) is 2.07. The van der Waals surface area contributed by atoms with Gasteiger partial charge in [0.1, 0.15) is 6.33 Å². The molecule has 0 aromatic carbocycles. The standard InChI is InChI=1S/C16H25N5O/c1-12(2)13-8-14(15-18-17-11-21(15)19-13)20(3)9-16(10-22)6-4-5-7-16/h8,11-12,22H,4-7,9-10H2,1-3H3. The number of fused-ring (bicyclic) bond motifs is 1. The molecule has 0 amide bonds. The Labute approximate surface area is 131 Å². The quantitative estimate of drug-likeness (QED) is 0.917. The topological polar surface area (TPSA) is 66.5 Å². The fourth-order valence-corrected chi connectivity index (χ4v) is 3.47. The molecule has 3 rings (SSSR count). The van der Waals surface area contributed by atoms with Gasteiger partial charge in [0.05, 0.1) is 18.0 Å². The molecule has 120 valence electrons. The van der Waals surface area contributed by atoms with E-state index in [1.54, 1.807) is 10.8 Å². The summed E-state index contributed by atoms with van der Waals surface area (Å²) < 4.78 is 1.75. The van der Waals surface area contributed by atoms with Crippen molar-refractivity contribution in [1.29, 1.82) is 0 Å². The zero-order valence-corrected chi connectivity index (χ0v) is 13.7. The first kappa shape index (κ1) is 15.2. The van der Waals surface area contributed by atoms with Crippen LogP contribution in [0.2, 0.25) is 0 Å². The molecule has 0 bridgehead atoms. The molecule has 0 saturated heterocycles. The van der Waals surface area contributed by atoms with Crippen molar-refractivity contribution in [3.63, 3.8) is 0 Å². The summed E-state index contributed by atoms with van der Waals surface area (Å²) in [5, 5.41) is 22.6. The van der Waals surface area contributed by atoms with Gasteiger partial charge in [0, 0.05) is 19.0 Å². The maximum absolute atomic E-state index is 9.86. The van der Waals surface area contributed by atoms with Crippen LogP contribution in [-0.2, 0) is 0 Å². The molecule has 0 radical (unpaired) electrons. The number of aliphatic hydroxyl groups excluding tert-OH is 1. The third-order valence-electron chi connectivity index (χ3n) is 4.84. The lowest BCUT2D eigenvalue weighted by atomic mass is 9.86. The second-order valence-corrected chi connectivity index (χ2v) is 6.93. The first-order chi connectivity index (χ1) is 10.5. The largest absolute Gasteiger partial charge is 0.396 e. The molecule has 6 nitrogen and oxygen atoms in total. The molecule has 1 fully saturated rings. The van der Waals surface area contributed by atoms with Crippen LogP contribution < -0.4 is 4.90 Å². The van der Waals surface area contributed by atoms with Crippen molar-refractivity contribution in [2.24, 2.45) is 5.41 Å². The van der Waals surface area contributed by atoms with E-state index in [0.29, 0.717) is 5.92 Å². The van der Waals surface area contributed by atoms with Gasteiger partial charge in [0.15, 0.2) is 0 Å². The Morgan fingerprint density at radius 3 is 2.73 bits per heavy atom. The third-order valence-corrected chi connectivity index (χ3v) is 4.84. The highest BCUT2D eigenvalue weighted by Gasteiger charge is 2.35. The maximum Gasteiger partial charge on any atom is 0.200 e. The smallest absolute Gasteiger partial charge is 0.200 e. The Balaban J connectivity index is 1.95. The second-order valence-electron chi connectivity index (χ2n) is 6.93. The molecular formula is C16H25N5O. The number of nitrogens with zero attached hydrogens (tertiary/aromatic N) is 5. The average Bonchev–Trinajstić information content (AvgIpc) is 3.15. The van der Waals surface area contributed by atoms with Crippen molar-refractivity contribution in [3.8, 4) is 0 Å². The minimum Gasteiger partial charge on any atom is -0.396 e. The van der Waals surface area contributed by atoms with Gasteiger partial charge >= 0.3 is 0 Å². The van der Waals surface area contributed by atoms with E-state index in [4.69, 9.17) is 0 Å². The minimum absolute atomic E-state index is 0.0209. The predicted molar refractivity (Wildman–Crippen MR) is 86.1 cm³/mol. The zero-order chi connectivity index (χ0) is 15.7. The van der Waals surface area contributed by atoms with Crippen LogP contribution in [0, 0.1) is 5.41 Å². The SMILES string of the molecule is CC(C)c1cc(N(C)CC2(CO)CCCC2)c2nncn2n1. The number of rotatable bonds is 5. The van der Waals surface area contributed by atoms with Crippen LogP contribution in [0.1, 0.15) is 51.1 Å². The molecule has 6 heteroatoms. The Morgan fingerprint density at radius 2 is 2.09 bits per heavy atom. The molecule has 0 unspecified atom stereocenters. The predicted octanol–water partition coefficient (Wildman–Crippen LogP) is 2.24. The van der Waals surface area contributed by atoms with Gasteiger partial charge in [0.2, 0.25) is 5.65 Å². The zero-order valence-electron chi connectivity index (χ0n) is 13.7. The van der Waals surface area contributed by atoms with E-state index in [9.17, 15) is 5.11 Å². The highest BCUT2D eigenvalue weighted by molar-refractivity contribution is 5.68. The fraction of sp³-hybridized carbons (Fsp3) is 0.688. The van der Waals surface area contributed by atoms with Crippen molar-refractivity contribution in [3.05, 3.63) is 18.1 Å². The van der Waals surface area contributed by atoms with Crippen molar-refractivity contribution < 1.29 is 5.11 Å². The normalized spacial score (nSPS) is 17.5. The molecule has 2 aromatic rings. The van der Waals surface area contributed by atoms with Gasteiger partial charge in [-0.2, -0.15) is 9.61 Å². The molecule has 2 aromatic heterocycles. The van der Waals surface area contributed by atoms with Gasteiger partial charge in [0.25, 0.3) is 0 Å². The number of aromatic nitrogens is 4. The minimum atomic E-state index is 0.0209. The molecular weight excluding hydrogens is 278 g/mol. The first-order valence-corrected chi connectivity index (χ1v) is 8.08. The van der Waals surface area contributed by atoms with E-state index >= 15 is 0 Å². The van der Waals surface area contributed by atoms with Crippen molar-refractivity contribution in [1.82, 2.24) is 19.8 Å². The van der Waals surface area contributed by atoms with Gasteiger partial charge in [-0.05, 0) is 24.8 Å². The summed E-state index contributed by atoms with van der Waals surface area (Å²) in [5.41, 5.74) is 2.86. The number of aliphatic hydroxyl groups is 1. The summed E-state index contributed by atoms with van der Waals surface area (Å²) in [6.07, 6.45) is 6.26. The lowest BCUT2D eigenvalue weighted by molar-refractivity contribution is 0.137. The van der Waals surface area contributed by atoms with Crippen LogP contribution in [-0.4, -0.2) is 45.1 Å². The highest BCUT2D eigenvalue weighted by atomic mass is 16.3. The lowest BCUT2D eigenvalue weighted by Crippen LogP contribution is -2.36. The third kappa shape index (κ3) is 2.67. The van der Waals surface area contributed by atoms with Gasteiger partial charge < -0.3 is 10.0 Å². The molecule has 1 N–H and O–H groups in total. The van der Waals surface area contributed by atoms with Crippen LogP contribution in [0.4, 0.5) is 5.69 Å². The van der Waals surface area contributed by atoms with Crippen LogP contribution in [0.15, 0.2) is 12.4 Å². The molecule has 22 heavy (non-hydrogen) atoms. The molecule has 1 aliphatic rings. The molecule has 1 aliphatic carbocycles. The van der Waals surface area contributed by atoms with Gasteiger partial charge in [-0.1, -0.05) is 26.7 Å². The molecule has 0 aliphatic heterocycles. The number of hydrogen-bond donors (Lipinski definition) is 1. The average molecular weight is 303 g/mol. The van der Waals surface area contributed by atoms with Crippen molar-refractivity contribution in [2.75, 3.05) is 25.1 Å². The molecule has 2 heterocycles. The number of hydrogen-bond acceptors (Lipinski definition) is 5. The monoisotopic (exact) mass is 303 g/mol. The summed E-state index contributed by atoms with van der Waals surface area (Å²) >= 11 is 0. The van der Waals surface area contributed by atoms with E-state index in [-0.39, 0.29) is 12.0 Å². The van der Waals surface area contributed by atoms with Gasteiger partial charge in [-0.15, -0.1) is 10.2 Å². The Hall–Kier alpha value is -1.69. The summed E-state index contributed by atoms with van der Waals surface area (Å²) in [6, 6.07) is 2.11. The fourth-order valence-electron chi connectivity index (χ4n) is 3.47. The van der Waals surface area contributed by atoms with E-state index in [2.05, 4.69) is 47.2 Å². The lowest BCUT2D eigenvalue weighted by Gasteiger charge is -2.33. The van der Waals surface area contributed by atoms with Crippen LogP contribution in [0.25, 0.3) is 5.65 Å². The summed E-state index contributed by atoms with van der Waals surface area (Å²) in [4.78, 5) is 2.21. The summed E-state index contributed by atoms with van der Waals surface area (Å²) in [5.74, 6) is 0.345. The van der Waals surface area contributed by atoms with Crippen LogP contribution in [0.5, 0.6) is 0 Å². The molecule has 1 saturated carbocycles. The van der Waals surface area contributed by atoms with E-state index in [0.717, 1.165) is 36.4 Å². The maximum atomic E-state index is 9.86. The second kappa shape index (κ2) is 5.83. The Morgan fingerprint density at radius 1 is 1.36 bits per heavy atom. The van der Waals surface area contributed by atoms with E-state index in [1.165, 1.54) is 12.8 Å². The van der Waals surface area contributed by atoms with E-state index in [1.807, 2.05) is 0 Å². The summed E-state index contributed by atoms with van der Waals surface area (Å²) in [6.45, 7) is 5.36. The van der Waals surface area contributed by atoms with Crippen LogP contribution in [0.3, 0.4) is 0 Å². The van der Waals surface area contributed by atoms with E-state index < -0.39 is 0 Å². The van der Waals surface area contributed by atoms with Crippen LogP contribution >= 0.6 is 0 Å². The first-order valence-electron chi connectivity index (χ1n) is 8.08. The number of anilines is 1. The van der Waals surface area contributed by atoms with Gasteiger partial charge in [-0.25, -0.2) is 0 Å².